The molecule has 5 heteroatoms. The maximum Gasteiger partial charge on any atom is 0.317 e. The van der Waals surface area contributed by atoms with Crippen molar-refractivity contribution in [2.75, 3.05) is 6.54 Å². The number of urea groups is 1. The molecule has 1 N–H and O–H groups in total. The van der Waals surface area contributed by atoms with Crippen molar-refractivity contribution in [1.29, 1.82) is 0 Å². The normalized spacial score (nSPS) is 10.3. The maximum atomic E-state index is 12.1. The molecule has 0 aliphatic heterocycles. The number of hydrogen-bond acceptors (Lipinski definition) is 2. The number of benzene rings is 1. The van der Waals surface area contributed by atoms with E-state index in [9.17, 15) is 4.79 Å². The molecule has 1 aromatic carbocycles. The number of amides is 2. The Balaban J connectivity index is 1.89. The highest BCUT2D eigenvalue weighted by Crippen LogP contribution is 2.22. The number of hydrogen-bond donors (Lipinski definition) is 1. The first kappa shape index (κ1) is 14.9. The fraction of sp³-hybridized carbons (Fsp3) is 0.267. The van der Waals surface area contributed by atoms with Crippen LogP contribution in [0.4, 0.5) is 4.79 Å². The molecular weight excluding hydrogens is 292 g/mol. The summed E-state index contributed by atoms with van der Waals surface area (Å²) in [6, 6.07) is 13.6. The molecule has 2 aromatic rings. The minimum absolute atomic E-state index is 0.0547. The van der Waals surface area contributed by atoms with Gasteiger partial charge in [0.15, 0.2) is 0 Å². The molecule has 2 rings (SSSR count). The smallest absolute Gasteiger partial charge is 0.317 e. The van der Waals surface area contributed by atoms with E-state index < -0.39 is 0 Å². The highest BCUT2D eigenvalue weighted by molar-refractivity contribution is 7.16. The Morgan fingerprint density at radius 1 is 1.25 bits per heavy atom. The summed E-state index contributed by atoms with van der Waals surface area (Å²) in [7, 11) is 0. The minimum Gasteiger partial charge on any atom is -0.334 e. The lowest BCUT2D eigenvalue weighted by Gasteiger charge is -2.20. The topological polar surface area (TPSA) is 32.3 Å². The van der Waals surface area contributed by atoms with Gasteiger partial charge < -0.3 is 10.2 Å². The van der Waals surface area contributed by atoms with Gasteiger partial charge in [0.2, 0.25) is 0 Å². The van der Waals surface area contributed by atoms with Crippen molar-refractivity contribution in [2.24, 2.45) is 0 Å². The fourth-order valence-electron chi connectivity index (χ4n) is 1.84. The van der Waals surface area contributed by atoms with E-state index in [1.54, 1.807) is 4.90 Å². The Bertz CT molecular complexity index is 556. The lowest BCUT2D eigenvalue weighted by atomic mass is 10.2. The van der Waals surface area contributed by atoms with E-state index in [0.717, 1.165) is 14.8 Å². The average Bonchev–Trinajstić information content (AvgIpc) is 2.88. The highest BCUT2D eigenvalue weighted by atomic mass is 35.5. The second-order valence-electron chi connectivity index (χ2n) is 4.36. The zero-order valence-electron chi connectivity index (χ0n) is 11.3. The van der Waals surface area contributed by atoms with Crippen molar-refractivity contribution in [2.45, 2.75) is 20.0 Å². The number of halogens is 1. The molecule has 3 nitrogen and oxygen atoms in total. The van der Waals surface area contributed by atoms with Crippen molar-refractivity contribution in [3.05, 3.63) is 57.2 Å². The summed E-state index contributed by atoms with van der Waals surface area (Å²) < 4.78 is 0.751. The zero-order valence-corrected chi connectivity index (χ0v) is 12.9. The Labute approximate surface area is 128 Å². The highest BCUT2D eigenvalue weighted by Gasteiger charge is 2.12. The molecule has 106 valence electrons. The van der Waals surface area contributed by atoms with Gasteiger partial charge in [0, 0.05) is 18.0 Å². The minimum atomic E-state index is -0.0547. The van der Waals surface area contributed by atoms with Gasteiger partial charge >= 0.3 is 6.03 Å². The number of nitrogens with one attached hydrogen (secondary N) is 1. The van der Waals surface area contributed by atoms with Crippen LogP contribution in [0.15, 0.2) is 42.5 Å². The van der Waals surface area contributed by atoms with E-state index in [0.29, 0.717) is 19.6 Å². The van der Waals surface area contributed by atoms with Crippen LogP contribution in [0.25, 0.3) is 0 Å². The summed E-state index contributed by atoms with van der Waals surface area (Å²) in [5, 5.41) is 2.94. The Morgan fingerprint density at radius 3 is 2.60 bits per heavy atom. The summed E-state index contributed by atoms with van der Waals surface area (Å²) >= 11 is 7.41. The molecule has 1 heterocycles. The van der Waals surface area contributed by atoms with Crippen molar-refractivity contribution >= 4 is 29.0 Å². The summed E-state index contributed by atoms with van der Waals surface area (Å²) in [6.45, 7) is 3.77. The van der Waals surface area contributed by atoms with Crippen LogP contribution in [0.5, 0.6) is 0 Å². The SMILES string of the molecule is CCN(Cc1ccc(Cl)s1)C(=O)NCc1ccccc1. The molecule has 0 unspecified atom stereocenters. The molecule has 1 aromatic heterocycles. The first-order valence-electron chi connectivity index (χ1n) is 6.50. The molecule has 0 aliphatic rings. The second-order valence-corrected chi connectivity index (χ2v) is 6.16. The molecular formula is C15H17ClN2OS. The van der Waals surface area contributed by atoms with Crippen LogP contribution in [-0.2, 0) is 13.1 Å². The van der Waals surface area contributed by atoms with Gasteiger partial charge in [-0.25, -0.2) is 4.79 Å². The Kier molecular flexibility index (Phi) is 5.44. The van der Waals surface area contributed by atoms with E-state index in [-0.39, 0.29) is 6.03 Å². The Hall–Kier alpha value is -1.52. The Morgan fingerprint density at radius 2 is 2.00 bits per heavy atom. The predicted molar refractivity (Wildman–Crippen MR) is 84.1 cm³/mol. The third-order valence-corrected chi connectivity index (χ3v) is 4.15. The van der Waals surface area contributed by atoms with Crippen LogP contribution in [0.3, 0.4) is 0 Å². The summed E-state index contributed by atoms with van der Waals surface area (Å²) in [5.41, 5.74) is 1.09. The van der Waals surface area contributed by atoms with Gasteiger partial charge in [-0.05, 0) is 24.6 Å². The van der Waals surface area contributed by atoms with Crippen LogP contribution < -0.4 is 5.32 Å². The van der Waals surface area contributed by atoms with E-state index in [1.807, 2.05) is 49.4 Å². The standard InChI is InChI=1S/C15H17ClN2OS/c1-2-18(11-13-8-9-14(16)20-13)15(19)17-10-12-6-4-3-5-7-12/h3-9H,2,10-11H2,1H3,(H,17,19). The number of thiophene rings is 1. The number of carbonyl (C=O) groups excluding carboxylic acids is 1. The van der Waals surface area contributed by atoms with Crippen molar-refractivity contribution < 1.29 is 4.79 Å². The van der Waals surface area contributed by atoms with Crippen molar-refractivity contribution in [3.8, 4) is 0 Å². The molecule has 20 heavy (non-hydrogen) atoms. The van der Waals surface area contributed by atoms with Crippen molar-refractivity contribution in [3.63, 3.8) is 0 Å². The number of carbonyl (C=O) groups is 1. The monoisotopic (exact) mass is 308 g/mol. The van der Waals surface area contributed by atoms with Gasteiger partial charge in [0.1, 0.15) is 0 Å². The van der Waals surface area contributed by atoms with Gasteiger partial charge in [-0.1, -0.05) is 41.9 Å². The molecule has 0 aliphatic carbocycles. The quantitative estimate of drug-likeness (QED) is 0.885. The van der Waals surface area contributed by atoms with Crippen LogP contribution in [0, 0.1) is 0 Å². The molecule has 0 fully saturated rings. The second kappa shape index (κ2) is 7.31. The first-order chi connectivity index (χ1) is 9.69. The van der Waals surface area contributed by atoms with Crippen molar-refractivity contribution in [1.82, 2.24) is 10.2 Å². The summed E-state index contributed by atoms with van der Waals surface area (Å²) in [5.74, 6) is 0. The third-order valence-electron chi connectivity index (χ3n) is 2.93. The predicted octanol–water partition coefficient (Wildman–Crippen LogP) is 4.13. The van der Waals surface area contributed by atoms with Crippen LogP contribution in [0.2, 0.25) is 4.34 Å². The number of rotatable bonds is 5. The van der Waals surface area contributed by atoms with Crippen LogP contribution in [-0.4, -0.2) is 17.5 Å². The molecule has 0 spiro atoms. The largest absolute Gasteiger partial charge is 0.334 e. The summed E-state index contributed by atoms with van der Waals surface area (Å²) in [6.07, 6.45) is 0. The third kappa shape index (κ3) is 4.25. The maximum absolute atomic E-state index is 12.1. The molecule has 0 saturated carbocycles. The molecule has 0 atom stereocenters. The van der Waals surface area contributed by atoms with Gasteiger partial charge in [-0.3, -0.25) is 0 Å². The van der Waals surface area contributed by atoms with E-state index in [1.165, 1.54) is 11.3 Å². The van der Waals surface area contributed by atoms with Gasteiger partial charge in [0.25, 0.3) is 0 Å². The van der Waals surface area contributed by atoms with Gasteiger partial charge in [-0.2, -0.15) is 0 Å². The summed E-state index contributed by atoms with van der Waals surface area (Å²) in [4.78, 5) is 15.0. The first-order valence-corrected chi connectivity index (χ1v) is 7.69. The van der Waals surface area contributed by atoms with E-state index in [4.69, 9.17) is 11.6 Å². The fourth-order valence-corrected chi connectivity index (χ4v) is 2.94. The van der Waals surface area contributed by atoms with Crippen LogP contribution in [0.1, 0.15) is 17.4 Å². The van der Waals surface area contributed by atoms with Gasteiger partial charge in [0.05, 0.1) is 10.9 Å². The lowest BCUT2D eigenvalue weighted by Crippen LogP contribution is -2.38. The van der Waals surface area contributed by atoms with Gasteiger partial charge in [-0.15, -0.1) is 11.3 Å². The molecule has 2 amide bonds. The van der Waals surface area contributed by atoms with E-state index in [2.05, 4.69) is 5.32 Å². The molecule has 0 bridgehead atoms. The average molecular weight is 309 g/mol. The lowest BCUT2D eigenvalue weighted by molar-refractivity contribution is 0.198. The number of nitrogens with zero attached hydrogens (tertiary/aromatic N) is 1. The molecule has 0 saturated heterocycles. The zero-order chi connectivity index (χ0) is 14.4. The van der Waals surface area contributed by atoms with E-state index >= 15 is 0 Å². The van der Waals surface area contributed by atoms with Crippen LogP contribution >= 0.6 is 22.9 Å². The molecule has 0 radical (unpaired) electrons.